The van der Waals surface area contributed by atoms with Gasteiger partial charge in [-0.25, -0.2) is 0 Å². The summed E-state index contributed by atoms with van der Waals surface area (Å²) in [4.78, 5) is 10.3. The molecule has 0 aromatic carbocycles. The van der Waals surface area contributed by atoms with Gasteiger partial charge in [-0.15, -0.1) is 0 Å². The highest BCUT2D eigenvalue weighted by Crippen LogP contribution is 1.95. The van der Waals surface area contributed by atoms with Crippen LogP contribution in [0.1, 0.15) is 19.8 Å². The number of carbonyl (C=O) groups is 1. The first-order valence-electron chi connectivity index (χ1n) is 2.71. The molecule has 1 unspecified atom stereocenters. The number of nitriles is 1. The fraction of sp³-hybridized carbons (Fsp3) is 0.667. The van der Waals surface area contributed by atoms with Gasteiger partial charge < -0.3 is 5.11 Å². The van der Waals surface area contributed by atoms with Crippen molar-refractivity contribution in [1.82, 2.24) is 0 Å². The predicted octanol–water partition coefficient (Wildman–Crippen LogP) is 0.240. The molecule has 50 valence electrons. The van der Waals surface area contributed by atoms with Crippen LogP contribution in [0.5, 0.6) is 0 Å². The zero-order chi connectivity index (χ0) is 7.28. The van der Waals surface area contributed by atoms with E-state index in [9.17, 15) is 4.79 Å². The lowest BCUT2D eigenvalue weighted by atomic mass is 10.1. The standard InChI is InChI=1S/C6H9NO2/c1-5(8)4-6(9)2-3-7/h6,9H,2,4H2,1H3. The van der Waals surface area contributed by atoms with E-state index in [4.69, 9.17) is 10.4 Å². The summed E-state index contributed by atoms with van der Waals surface area (Å²) in [6, 6.07) is 1.77. The second-order valence-corrected chi connectivity index (χ2v) is 1.92. The molecule has 0 heterocycles. The third-order valence-electron chi connectivity index (χ3n) is 0.850. The zero-order valence-electron chi connectivity index (χ0n) is 5.29. The summed E-state index contributed by atoms with van der Waals surface area (Å²) in [5.41, 5.74) is 0. The Kier molecular flexibility index (Phi) is 3.65. The Bertz CT molecular complexity index is 136. The molecule has 0 fully saturated rings. The quantitative estimate of drug-likeness (QED) is 0.590. The van der Waals surface area contributed by atoms with Gasteiger partial charge in [0.15, 0.2) is 0 Å². The van der Waals surface area contributed by atoms with E-state index in [0.29, 0.717) is 0 Å². The smallest absolute Gasteiger partial charge is 0.132 e. The Labute approximate surface area is 53.9 Å². The molecule has 3 nitrogen and oxygen atoms in total. The van der Waals surface area contributed by atoms with Gasteiger partial charge >= 0.3 is 0 Å². The van der Waals surface area contributed by atoms with Gasteiger partial charge in [0.1, 0.15) is 5.78 Å². The van der Waals surface area contributed by atoms with Crippen molar-refractivity contribution in [3.8, 4) is 6.07 Å². The predicted molar refractivity (Wildman–Crippen MR) is 31.5 cm³/mol. The van der Waals surface area contributed by atoms with Crippen molar-refractivity contribution in [2.45, 2.75) is 25.9 Å². The van der Waals surface area contributed by atoms with Crippen LogP contribution in [0.2, 0.25) is 0 Å². The van der Waals surface area contributed by atoms with Crippen molar-refractivity contribution in [1.29, 1.82) is 5.26 Å². The van der Waals surface area contributed by atoms with E-state index in [0.717, 1.165) is 0 Å². The SMILES string of the molecule is CC(=O)CC(O)CC#N. The average molecular weight is 127 g/mol. The molecule has 9 heavy (non-hydrogen) atoms. The van der Waals surface area contributed by atoms with Gasteiger partial charge in [-0.1, -0.05) is 0 Å². The molecule has 0 aliphatic carbocycles. The number of ketones is 1. The number of aliphatic hydroxyl groups excluding tert-OH is 1. The maximum Gasteiger partial charge on any atom is 0.132 e. The van der Waals surface area contributed by atoms with E-state index in [-0.39, 0.29) is 18.6 Å². The third kappa shape index (κ3) is 4.98. The molecule has 3 heteroatoms. The minimum atomic E-state index is -0.771. The van der Waals surface area contributed by atoms with Gasteiger partial charge in [-0.05, 0) is 6.92 Å². The first-order valence-corrected chi connectivity index (χ1v) is 2.71. The molecule has 0 amide bonds. The van der Waals surface area contributed by atoms with Crippen LogP contribution in [0.3, 0.4) is 0 Å². The second-order valence-electron chi connectivity index (χ2n) is 1.92. The Morgan fingerprint density at radius 2 is 2.44 bits per heavy atom. The Balaban J connectivity index is 3.40. The zero-order valence-corrected chi connectivity index (χ0v) is 5.29. The van der Waals surface area contributed by atoms with E-state index in [1.807, 2.05) is 0 Å². The molecule has 0 aromatic heterocycles. The summed E-state index contributed by atoms with van der Waals surface area (Å²) in [5, 5.41) is 16.8. The molecule has 0 bridgehead atoms. The van der Waals surface area contributed by atoms with Gasteiger partial charge in [-0.3, -0.25) is 4.79 Å². The molecular weight excluding hydrogens is 118 g/mol. The number of hydrogen-bond donors (Lipinski definition) is 1. The summed E-state index contributed by atoms with van der Waals surface area (Å²) < 4.78 is 0. The molecule has 0 aliphatic rings. The maximum absolute atomic E-state index is 10.3. The molecular formula is C6H9NO2. The minimum Gasteiger partial charge on any atom is -0.392 e. The maximum atomic E-state index is 10.3. The fourth-order valence-electron chi connectivity index (χ4n) is 0.509. The second kappa shape index (κ2) is 4.04. The van der Waals surface area contributed by atoms with Crippen molar-refractivity contribution in [2.75, 3.05) is 0 Å². The fourth-order valence-corrected chi connectivity index (χ4v) is 0.509. The van der Waals surface area contributed by atoms with Crippen LogP contribution in [0.15, 0.2) is 0 Å². The van der Waals surface area contributed by atoms with Crippen LogP contribution >= 0.6 is 0 Å². The largest absolute Gasteiger partial charge is 0.392 e. The van der Waals surface area contributed by atoms with Gasteiger partial charge in [0, 0.05) is 6.42 Å². The van der Waals surface area contributed by atoms with E-state index < -0.39 is 6.10 Å². The molecule has 0 spiro atoms. The van der Waals surface area contributed by atoms with Crippen LogP contribution < -0.4 is 0 Å². The molecule has 0 saturated heterocycles. The molecule has 1 N–H and O–H groups in total. The number of rotatable bonds is 3. The van der Waals surface area contributed by atoms with Crippen LogP contribution in [0.25, 0.3) is 0 Å². The van der Waals surface area contributed by atoms with Crippen LogP contribution in [0.4, 0.5) is 0 Å². The normalized spacial score (nSPS) is 12.1. The van der Waals surface area contributed by atoms with E-state index >= 15 is 0 Å². The van der Waals surface area contributed by atoms with Gasteiger partial charge in [-0.2, -0.15) is 5.26 Å². The van der Waals surface area contributed by atoms with Crippen LogP contribution in [0, 0.1) is 11.3 Å². The van der Waals surface area contributed by atoms with Crippen LogP contribution in [-0.4, -0.2) is 17.0 Å². The van der Waals surface area contributed by atoms with Crippen molar-refractivity contribution in [3.63, 3.8) is 0 Å². The van der Waals surface area contributed by atoms with Gasteiger partial charge in [0.2, 0.25) is 0 Å². The Hall–Kier alpha value is -0.880. The number of Topliss-reactive ketones (excluding diaryl/α,β-unsaturated/α-hetero) is 1. The van der Waals surface area contributed by atoms with Crippen LogP contribution in [-0.2, 0) is 4.79 Å². The Morgan fingerprint density at radius 3 is 2.78 bits per heavy atom. The molecule has 0 rings (SSSR count). The average Bonchev–Trinajstić information content (AvgIpc) is 1.63. The first-order chi connectivity index (χ1) is 4.16. The molecule has 0 aromatic rings. The number of nitrogens with zero attached hydrogens (tertiary/aromatic N) is 1. The van der Waals surface area contributed by atoms with E-state index in [1.165, 1.54) is 6.92 Å². The summed E-state index contributed by atoms with van der Waals surface area (Å²) in [7, 11) is 0. The van der Waals surface area contributed by atoms with Crippen molar-refractivity contribution in [2.24, 2.45) is 0 Å². The monoisotopic (exact) mass is 127 g/mol. The topological polar surface area (TPSA) is 61.1 Å². The van der Waals surface area contributed by atoms with Gasteiger partial charge in [0.05, 0.1) is 18.6 Å². The highest BCUT2D eigenvalue weighted by atomic mass is 16.3. The van der Waals surface area contributed by atoms with Gasteiger partial charge in [0.25, 0.3) is 0 Å². The minimum absolute atomic E-state index is 0.0413. The number of aliphatic hydroxyl groups is 1. The van der Waals surface area contributed by atoms with Crippen molar-refractivity contribution < 1.29 is 9.90 Å². The summed E-state index contributed by atoms with van der Waals surface area (Å²) >= 11 is 0. The number of carbonyl (C=O) groups excluding carboxylic acids is 1. The molecule has 0 radical (unpaired) electrons. The first kappa shape index (κ1) is 8.12. The lowest BCUT2D eigenvalue weighted by molar-refractivity contribution is -0.118. The molecule has 1 atom stereocenters. The van der Waals surface area contributed by atoms with E-state index in [1.54, 1.807) is 6.07 Å². The lowest BCUT2D eigenvalue weighted by Gasteiger charge is -1.99. The number of hydrogen-bond acceptors (Lipinski definition) is 3. The lowest BCUT2D eigenvalue weighted by Crippen LogP contribution is -2.09. The van der Waals surface area contributed by atoms with E-state index in [2.05, 4.69) is 0 Å². The third-order valence-corrected chi connectivity index (χ3v) is 0.850. The summed E-state index contributed by atoms with van der Waals surface area (Å²) in [5.74, 6) is -0.0854. The summed E-state index contributed by atoms with van der Waals surface area (Å²) in [6.07, 6.45) is -0.639. The Morgan fingerprint density at radius 1 is 1.89 bits per heavy atom. The molecule has 0 aliphatic heterocycles. The van der Waals surface area contributed by atoms with Crippen molar-refractivity contribution in [3.05, 3.63) is 0 Å². The summed E-state index contributed by atoms with van der Waals surface area (Å²) in [6.45, 7) is 1.39. The molecule has 0 saturated carbocycles. The van der Waals surface area contributed by atoms with Crippen molar-refractivity contribution >= 4 is 5.78 Å². The highest BCUT2D eigenvalue weighted by Gasteiger charge is 2.04. The highest BCUT2D eigenvalue weighted by molar-refractivity contribution is 5.75.